The molecule has 0 aliphatic heterocycles. The molecule has 4 heteroatoms. The van der Waals surface area contributed by atoms with Gasteiger partial charge in [0.1, 0.15) is 0 Å². The number of hydrogen-bond acceptors (Lipinski definition) is 3. The van der Waals surface area contributed by atoms with Crippen LogP contribution in [0.5, 0.6) is 0 Å². The van der Waals surface area contributed by atoms with Crippen LogP contribution in [0.1, 0.15) is 0 Å². The maximum absolute atomic E-state index is 10.5. The van der Waals surface area contributed by atoms with Crippen molar-refractivity contribution in [1.29, 1.82) is 4.78 Å². The third kappa shape index (κ3) is 5.91. The van der Waals surface area contributed by atoms with Crippen molar-refractivity contribution in [2.45, 2.75) is 0 Å². The third-order valence-corrected chi connectivity index (χ3v) is 1.62. The zero-order valence-corrected chi connectivity index (χ0v) is 5.96. The molecule has 1 atom stereocenters. The first-order chi connectivity index (χ1) is 3.56. The molecule has 0 aromatic carbocycles. The second-order valence-corrected chi connectivity index (χ2v) is 4.12. The van der Waals surface area contributed by atoms with E-state index >= 15 is 0 Å². The summed E-state index contributed by atoms with van der Waals surface area (Å²) >= 11 is 0. The van der Waals surface area contributed by atoms with E-state index in [9.17, 15) is 4.21 Å². The number of ether oxygens (including phenoxy) is 1. The van der Waals surface area contributed by atoms with Gasteiger partial charge in [-0.05, 0) is 0 Å². The Morgan fingerprint density at radius 1 is 1.75 bits per heavy atom. The lowest BCUT2D eigenvalue weighted by atomic mass is 10.9. The summed E-state index contributed by atoms with van der Waals surface area (Å²) in [6.07, 6.45) is 1.41. The second-order valence-electron chi connectivity index (χ2n) is 1.70. The summed E-state index contributed by atoms with van der Waals surface area (Å²) in [6, 6.07) is 0. The molecule has 0 spiro atoms. The fraction of sp³-hybridized carbons (Fsp3) is 1.00. The summed E-state index contributed by atoms with van der Waals surface area (Å²) in [5.74, 6) is 0.337. The second kappa shape index (κ2) is 3.04. The maximum atomic E-state index is 10.5. The van der Waals surface area contributed by atoms with Gasteiger partial charge < -0.3 is 4.74 Å². The highest BCUT2D eigenvalue weighted by Crippen LogP contribution is 1.82. The predicted octanol–water partition coefficient (Wildman–Crippen LogP) is 0.309. The van der Waals surface area contributed by atoms with E-state index in [1.54, 1.807) is 0 Å². The summed E-state index contributed by atoms with van der Waals surface area (Å²) in [7, 11) is -0.778. The van der Waals surface area contributed by atoms with Crippen LogP contribution in [0.4, 0.5) is 0 Å². The molecule has 0 aliphatic rings. The molecule has 0 saturated carbocycles. The molecule has 0 amide bonds. The number of nitrogens with one attached hydrogen (secondary N) is 1. The van der Waals surface area contributed by atoms with Crippen LogP contribution in [0.25, 0.3) is 0 Å². The van der Waals surface area contributed by atoms with E-state index in [2.05, 4.69) is 4.74 Å². The number of rotatable bonds is 3. The predicted molar refractivity (Wildman–Crippen MR) is 33.5 cm³/mol. The van der Waals surface area contributed by atoms with Gasteiger partial charge in [-0.3, -0.25) is 8.99 Å². The van der Waals surface area contributed by atoms with E-state index in [-0.39, 0.29) is 0 Å². The van der Waals surface area contributed by atoms with Gasteiger partial charge in [-0.2, -0.15) is 0 Å². The van der Waals surface area contributed by atoms with Crippen molar-refractivity contribution in [3.05, 3.63) is 0 Å². The van der Waals surface area contributed by atoms with Crippen LogP contribution in [0.3, 0.4) is 0 Å². The Bertz CT molecular complexity index is 138. The van der Waals surface area contributed by atoms with Crippen molar-refractivity contribution >= 4 is 9.73 Å². The van der Waals surface area contributed by atoms with Gasteiger partial charge in [0.15, 0.2) is 0 Å². The van der Waals surface area contributed by atoms with Crippen molar-refractivity contribution in [2.24, 2.45) is 0 Å². The maximum Gasteiger partial charge on any atom is 0.0586 e. The Morgan fingerprint density at radius 2 is 2.25 bits per heavy atom. The Kier molecular flexibility index (Phi) is 3.01. The SMILES string of the molecule is COCCS(C)(=N)=O. The van der Waals surface area contributed by atoms with Gasteiger partial charge in [0.25, 0.3) is 0 Å². The molecule has 0 bridgehead atoms. The van der Waals surface area contributed by atoms with Gasteiger partial charge in [-0.25, -0.2) is 0 Å². The number of methoxy groups -OCH3 is 1. The molecule has 8 heavy (non-hydrogen) atoms. The van der Waals surface area contributed by atoms with E-state index in [4.69, 9.17) is 4.78 Å². The summed E-state index contributed by atoms with van der Waals surface area (Å²) in [4.78, 5) is 0. The lowest BCUT2D eigenvalue weighted by Gasteiger charge is -1.96. The summed E-state index contributed by atoms with van der Waals surface area (Å²) in [5.41, 5.74) is 0. The van der Waals surface area contributed by atoms with E-state index in [1.807, 2.05) is 0 Å². The Morgan fingerprint density at radius 3 is 2.38 bits per heavy atom. The highest BCUT2D eigenvalue weighted by molar-refractivity contribution is 7.91. The van der Waals surface area contributed by atoms with Crippen LogP contribution in [0.15, 0.2) is 0 Å². The van der Waals surface area contributed by atoms with Crippen LogP contribution in [-0.2, 0) is 14.5 Å². The fourth-order valence-corrected chi connectivity index (χ4v) is 0.727. The molecule has 0 aromatic heterocycles. The summed E-state index contributed by atoms with van der Waals surface area (Å²) in [5, 5.41) is 0. The van der Waals surface area contributed by atoms with Crippen molar-refractivity contribution in [1.82, 2.24) is 0 Å². The van der Waals surface area contributed by atoms with Gasteiger partial charge in [0.2, 0.25) is 0 Å². The van der Waals surface area contributed by atoms with Crippen LogP contribution < -0.4 is 0 Å². The Labute approximate surface area is 50.0 Å². The molecule has 0 aliphatic carbocycles. The van der Waals surface area contributed by atoms with E-state index in [1.165, 1.54) is 13.4 Å². The van der Waals surface area contributed by atoms with Gasteiger partial charge in [-0.15, -0.1) is 0 Å². The van der Waals surface area contributed by atoms with Gasteiger partial charge in [0, 0.05) is 23.1 Å². The summed E-state index contributed by atoms with van der Waals surface area (Å²) < 4.78 is 22.0. The quantitative estimate of drug-likeness (QED) is 0.608. The third-order valence-electron chi connectivity index (χ3n) is 0.677. The Hall–Kier alpha value is -0.0900. The first-order valence-electron chi connectivity index (χ1n) is 2.26. The minimum absolute atomic E-state index is 0.337. The highest BCUT2D eigenvalue weighted by Gasteiger charge is 1.93. The molecule has 0 aromatic rings. The molecule has 1 unspecified atom stereocenters. The van der Waals surface area contributed by atoms with Crippen LogP contribution in [0, 0.1) is 4.78 Å². The van der Waals surface area contributed by atoms with Crippen LogP contribution >= 0.6 is 0 Å². The molecule has 0 radical (unpaired) electrons. The lowest BCUT2D eigenvalue weighted by molar-refractivity contribution is 0.218. The molecular weight excluding hydrogens is 126 g/mol. The highest BCUT2D eigenvalue weighted by atomic mass is 32.2. The molecule has 0 saturated heterocycles. The number of hydrogen-bond donors (Lipinski definition) is 1. The fourth-order valence-electron chi connectivity index (χ4n) is 0.242. The van der Waals surface area contributed by atoms with E-state index in [0.29, 0.717) is 12.4 Å². The van der Waals surface area contributed by atoms with Gasteiger partial charge in [-0.1, -0.05) is 0 Å². The largest absolute Gasteiger partial charge is 0.384 e. The molecule has 1 N–H and O–H groups in total. The molecule has 50 valence electrons. The van der Waals surface area contributed by atoms with E-state index in [0.717, 1.165) is 0 Å². The zero-order chi connectivity index (χ0) is 6.62. The van der Waals surface area contributed by atoms with Crippen LogP contribution in [-0.4, -0.2) is 29.9 Å². The topological polar surface area (TPSA) is 50.1 Å². The van der Waals surface area contributed by atoms with E-state index < -0.39 is 9.73 Å². The first kappa shape index (κ1) is 7.91. The minimum Gasteiger partial charge on any atom is -0.384 e. The standard InChI is InChI=1S/C4H11NO2S/c1-7-3-4-8(2,5)6/h5H,3-4H2,1-2H3. The average molecular weight is 137 g/mol. The molecule has 0 heterocycles. The zero-order valence-electron chi connectivity index (χ0n) is 5.14. The van der Waals surface area contributed by atoms with Crippen molar-refractivity contribution < 1.29 is 8.95 Å². The van der Waals surface area contributed by atoms with Crippen LogP contribution in [0.2, 0.25) is 0 Å². The van der Waals surface area contributed by atoms with Crippen molar-refractivity contribution in [3.8, 4) is 0 Å². The molecule has 0 rings (SSSR count). The van der Waals surface area contributed by atoms with Crippen molar-refractivity contribution in [3.63, 3.8) is 0 Å². The lowest BCUT2D eigenvalue weighted by Crippen LogP contribution is -2.06. The monoisotopic (exact) mass is 137 g/mol. The first-order valence-corrected chi connectivity index (χ1v) is 4.40. The van der Waals surface area contributed by atoms with Gasteiger partial charge >= 0.3 is 0 Å². The molecule has 0 fully saturated rings. The summed E-state index contributed by atoms with van der Waals surface area (Å²) in [6.45, 7) is 0.416. The molecule has 3 nitrogen and oxygen atoms in total. The van der Waals surface area contributed by atoms with Crippen molar-refractivity contribution in [2.75, 3.05) is 25.7 Å². The Balaban J connectivity index is 3.42. The average Bonchev–Trinajstić information content (AvgIpc) is 1.59. The van der Waals surface area contributed by atoms with Gasteiger partial charge in [0.05, 0.1) is 12.4 Å². The molecular formula is C4H11NO2S. The smallest absolute Gasteiger partial charge is 0.0586 e. The minimum atomic E-state index is -2.31. The normalized spacial score (nSPS) is 17.8.